The van der Waals surface area contributed by atoms with E-state index in [1.165, 1.54) is 0 Å². The molecule has 0 N–H and O–H groups in total. The summed E-state index contributed by atoms with van der Waals surface area (Å²) in [5.41, 5.74) is 0.940. The van der Waals surface area contributed by atoms with E-state index in [1.54, 1.807) is 11.8 Å². The Labute approximate surface area is 81.6 Å². The summed E-state index contributed by atoms with van der Waals surface area (Å²) >= 11 is 1.79. The third-order valence-corrected chi connectivity index (χ3v) is 3.61. The first-order valence-corrected chi connectivity index (χ1v) is 6.10. The zero-order valence-corrected chi connectivity index (χ0v) is 9.82. The van der Waals surface area contributed by atoms with Gasteiger partial charge in [0.2, 0.25) is 0 Å². The lowest BCUT2D eigenvalue weighted by Gasteiger charge is -2.17. The summed E-state index contributed by atoms with van der Waals surface area (Å²) in [6, 6.07) is 0. The second kappa shape index (κ2) is 6.91. The third kappa shape index (κ3) is 4.47. The Hall–Kier alpha value is 0.450. The first kappa shape index (κ1) is 12.4. The molecule has 0 saturated heterocycles. The highest BCUT2D eigenvalue weighted by molar-refractivity contribution is 7.99. The van der Waals surface area contributed by atoms with Crippen molar-refractivity contribution in [1.29, 1.82) is 0 Å². The predicted octanol–water partition coefficient (Wildman–Crippen LogP) is 3.29. The maximum atomic E-state index is 13.1. The van der Waals surface area contributed by atoms with Gasteiger partial charge in [-0.2, -0.15) is 11.8 Å². The van der Waals surface area contributed by atoms with Gasteiger partial charge in [-0.1, -0.05) is 26.0 Å². The van der Waals surface area contributed by atoms with E-state index in [9.17, 15) is 4.39 Å². The first-order valence-electron chi connectivity index (χ1n) is 4.28. The summed E-state index contributed by atoms with van der Waals surface area (Å²) in [6.07, 6.45) is -0.177. The highest BCUT2D eigenvalue weighted by Crippen LogP contribution is 2.22. The number of hydrogen-bond donors (Lipinski definition) is 0. The van der Waals surface area contributed by atoms with Crippen molar-refractivity contribution in [2.24, 2.45) is 0 Å². The largest absolute Gasteiger partial charge is 0.246 e. The van der Waals surface area contributed by atoms with Crippen LogP contribution in [0.3, 0.4) is 0 Å². The molecule has 0 aliphatic heterocycles. The van der Waals surface area contributed by atoms with Crippen LogP contribution < -0.4 is 0 Å². The molecule has 3 unspecified atom stereocenters. The summed E-state index contributed by atoms with van der Waals surface area (Å²) in [6.45, 7) is 7.84. The van der Waals surface area contributed by atoms with Gasteiger partial charge in [-0.3, -0.25) is 0 Å². The quantitative estimate of drug-likeness (QED) is 0.477. The van der Waals surface area contributed by atoms with Gasteiger partial charge in [-0.25, -0.2) is 4.39 Å². The van der Waals surface area contributed by atoms with Crippen LogP contribution in [0.25, 0.3) is 0 Å². The molecule has 3 atom stereocenters. The van der Waals surface area contributed by atoms with Crippen molar-refractivity contribution in [3.8, 4) is 0 Å². The van der Waals surface area contributed by atoms with Crippen LogP contribution in [0.1, 0.15) is 20.3 Å². The molecule has 0 aromatic heterocycles. The van der Waals surface area contributed by atoms with Crippen LogP contribution in [-0.2, 0) is 0 Å². The van der Waals surface area contributed by atoms with Gasteiger partial charge in [0.1, 0.15) is 6.17 Å². The molecule has 0 aromatic rings. The lowest BCUT2D eigenvalue weighted by Crippen LogP contribution is -2.17. The van der Waals surface area contributed by atoms with Crippen molar-refractivity contribution in [2.75, 3.05) is 11.5 Å². The van der Waals surface area contributed by atoms with E-state index in [-0.39, 0.29) is 5.66 Å². The second-order valence-electron chi connectivity index (χ2n) is 2.75. The summed E-state index contributed by atoms with van der Waals surface area (Å²) in [4.78, 5) is 0. The molecule has 0 radical (unpaired) electrons. The Kier molecular flexibility index (Phi) is 7.17. The molecule has 0 amide bonds. The molecule has 0 aromatic carbocycles. The number of hydrogen-bond acceptors (Lipinski definition) is 1. The Morgan fingerprint density at radius 3 is 2.58 bits per heavy atom. The summed E-state index contributed by atoms with van der Waals surface area (Å²) in [5.74, 6) is 1.95. The molecule has 0 aliphatic carbocycles. The molecule has 0 aliphatic rings. The minimum Gasteiger partial charge on any atom is -0.246 e. The maximum absolute atomic E-state index is 13.1. The summed E-state index contributed by atoms with van der Waals surface area (Å²) < 4.78 is 13.1. The molecule has 12 heavy (non-hydrogen) atoms. The Morgan fingerprint density at radius 1 is 1.58 bits per heavy atom. The molecular formula is C9H18FPS. The van der Waals surface area contributed by atoms with Gasteiger partial charge in [0.05, 0.1) is 0 Å². The SMILES string of the molecule is C=C(CSCC)C(P)C(F)CC. The third-order valence-electron chi connectivity index (χ3n) is 1.74. The van der Waals surface area contributed by atoms with Gasteiger partial charge in [0, 0.05) is 11.4 Å². The molecule has 0 nitrogen and oxygen atoms in total. The topological polar surface area (TPSA) is 0 Å². The number of alkyl halides is 1. The molecule has 0 saturated carbocycles. The fourth-order valence-corrected chi connectivity index (χ4v) is 2.06. The standard InChI is InChI=1S/C9H18FPS/c1-4-8(10)9(11)7(3)6-12-5-2/h8-9H,3-6,11H2,1-2H3. The second-order valence-corrected chi connectivity index (χ2v) is 4.74. The van der Waals surface area contributed by atoms with Crippen molar-refractivity contribution in [3.05, 3.63) is 12.2 Å². The monoisotopic (exact) mass is 208 g/mol. The van der Waals surface area contributed by atoms with Crippen LogP contribution in [-0.4, -0.2) is 23.3 Å². The van der Waals surface area contributed by atoms with Crippen LogP contribution in [0.5, 0.6) is 0 Å². The molecular weight excluding hydrogens is 190 g/mol. The molecule has 0 bridgehead atoms. The molecule has 0 heterocycles. The van der Waals surface area contributed by atoms with Crippen molar-refractivity contribution in [2.45, 2.75) is 32.1 Å². The summed E-state index contributed by atoms with van der Waals surface area (Å²) in [7, 11) is 2.54. The lowest BCUT2D eigenvalue weighted by molar-refractivity contribution is 0.329. The van der Waals surface area contributed by atoms with Crippen molar-refractivity contribution in [1.82, 2.24) is 0 Å². The number of halogens is 1. The van der Waals surface area contributed by atoms with Gasteiger partial charge in [-0.05, 0) is 12.2 Å². The van der Waals surface area contributed by atoms with E-state index < -0.39 is 6.17 Å². The van der Waals surface area contributed by atoms with E-state index >= 15 is 0 Å². The van der Waals surface area contributed by atoms with Crippen LogP contribution in [0.2, 0.25) is 0 Å². The van der Waals surface area contributed by atoms with Gasteiger partial charge in [0.15, 0.2) is 0 Å². The van der Waals surface area contributed by atoms with Crippen LogP contribution >= 0.6 is 21.0 Å². The molecule has 0 spiro atoms. The highest BCUT2D eigenvalue weighted by atomic mass is 32.2. The van der Waals surface area contributed by atoms with Gasteiger partial charge in [-0.15, -0.1) is 9.24 Å². The fraction of sp³-hybridized carbons (Fsp3) is 0.778. The minimum absolute atomic E-state index is 0.0611. The molecule has 0 rings (SSSR count). The number of thioether (sulfide) groups is 1. The van der Waals surface area contributed by atoms with Crippen molar-refractivity contribution < 1.29 is 4.39 Å². The molecule has 72 valence electrons. The van der Waals surface area contributed by atoms with Crippen LogP contribution in [0.4, 0.5) is 4.39 Å². The van der Waals surface area contributed by atoms with Crippen LogP contribution in [0, 0.1) is 0 Å². The smallest absolute Gasteiger partial charge is 0.110 e. The lowest BCUT2D eigenvalue weighted by atomic mass is 10.1. The minimum atomic E-state index is -0.750. The zero-order valence-electron chi connectivity index (χ0n) is 7.85. The van der Waals surface area contributed by atoms with Crippen molar-refractivity contribution in [3.63, 3.8) is 0 Å². The van der Waals surface area contributed by atoms with Gasteiger partial charge in [0.25, 0.3) is 0 Å². The fourth-order valence-electron chi connectivity index (χ4n) is 0.839. The van der Waals surface area contributed by atoms with E-state index in [4.69, 9.17) is 0 Å². The van der Waals surface area contributed by atoms with Gasteiger partial charge >= 0.3 is 0 Å². The Bertz CT molecular complexity index is 138. The Morgan fingerprint density at radius 2 is 2.17 bits per heavy atom. The van der Waals surface area contributed by atoms with E-state index in [0.29, 0.717) is 6.42 Å². The molecule has 0 fully saturated rings. The van der Waals surface area contributed by atoms with Crippen molar-refractivity contribution >= 4 is 21.0 Å². The van der Waals surface area contributed by atoms with Crippen LogP contribution in [0.15, 0.2) is 12.2 Å². The Balaban J connectivity index is 3.75. The predicted molar refractivity (Wildman–Crippen MR) is 60.8 cm³/mol. The zero-order chi connectivity index (χ0) is 9.56. The van der Waals surface area contributed by atoms with E-state index in [2.05, 4.69) is 22.7 Å². The highest BCUT2D eigenvalue weighted by Gasteiger charge is 2.16. The average Bonchev–Trinajstić information content (AvgIpc) is 2.11. The van der Waals surface area contributed by atoms with E-state index in [0.717, 1.165) is 17.1 Å². The normalized spacial score (nSPS) is 15.7. The average molecular weight is 208 g/mol. The summed E-state index contributed by atoms with van der Waals surface area (Å²) in [5, 5.41) is 0. The van der Waals surface area contributed by atoms with Gasteiger partial charge < -0.3 is 0 Å². The molecule has 3 heteroatoms. The first-order chi connectivity index (χ1) is 5.63. The van der Waals surface area contributed by atoms with E-state index in [1.807, 2.05) is 6.92 Å². The maximum Gasteiger partial charge on any atom is 0.110 e. The number of rotatable bonds is 6.